The molecule has 0 aliphatic rings. The highest BCUT2D eigenvalue weighted by Gasteiger charge is 2.20. The Morgan fingerprint density at radius 1 is 1.25 bits per heavy atom. The van der Waals surface area contributed by atoms with Crippen molar-refractivity contribution in [2.45, 2.75) is 12.3 Å². The number of halogens is 1. The van der Waals surface area contributed by atoms with Crippen molar-refractivity contribution in [2.24, 2.45) is 0 Å². The van der Waals surface area contributed by atoms with Gasteiger partial charge in [0, 0.05) is 11.9 Å². The van der Waals surface area contributed by atoms with Crippen LogP contribution in [0.1, 0.15) is 16.0 Å². The topological polar surface area (TPSA) is 78.2 Å². The maximum atomic E-state index is 12.2. The van der Waals surface area contributed by atoms with E-state index < -0.39 is 21.5 Å². The van der Waals surface area contributed by atoms with Crippen LogP contribution in [0.4, 0.5) is 0 Å². The molecule has 0 saturated carbocycles. The first-order chi connectivity index (χ1) is 11.3. The van der Waals surface area contributed by atoms with Gasteiger partial charge < -0.3 is 4.90 Å². The fraction of sp³-hybridized carbons (Fsp3) is 0.250. The van der Waals surface area contributed by atoms with Crippen LogP contribution in [0.2, 0.25) is 0 Å². The van der Waals surface area contributed by atoms with Crippen molar-refractivity contribution in [3.05, 3.63) is 56.2 Å². The minimum absolute atomic E-state index is 0.219. The highest BCUT2D eigenvalue weighted by molar-refractivity contribution is 9.11. The lowest BCUT2D eigenvalue weighted by atomic mass is 10.2. The molecule has 1 aromatic carbocycles. The van der Waals surface area contributed by atoms with Gasteiger partial charge in [-0.3, -0.25) is 4.79 Å². The largest absolute Gasteiger partial charge is 0.340 e. The van der Waals surface area contributed by atoms with E-state index in [-0.39, 0.29) is 5.75 Å². The highest BCUT2D eigenvalue weighted by atomic mass is 79.9. The minimum Gasteiger partial charge on any atom is -0.340 e. The van der Waals surface area contributed by atoms with Crippen molar-refractivity contribution >= 4 is 43.0 Å². The summed E-state index contributed by atoms with van der Waals surface area (Å²) in [4.78, 5) is 14.5. The van der Waals surface area contributed by atoms with Crippen LogP contribution in [0.15, 0.2) is 40.2 Å². The van der Waals surface area contributed by atoms with E-state index in [1.54, 1.807) is 31.3 Å². The van der Waals surface area contributed by atoms with Crippen LogP contribution >= 0.6 is 27.3 Å². The number of nitrogens with zero attached hydrogens (tertiary/aromatic N) is 2. The van der Waals surface area contributed by atoms with Crippen molar-refractivity contribution in [3.8, 4) is 6.07 Å². The van der Waals surface area contributed by atoms with Gasteiger partial charge in [0.1, 0.15) is 5.75 Å². The Morgan fingerprint density at radius 2 is 1.92 bits per heavy atom. The smallest absolute Gasteiger partial charge is 0.237 e. The van der Waals surface area contributed by atoms with Crippen molar-refractivity contribution in [2.75, 3.05) is 12.8 Å². The third-order valence-electron chi connectivity index (χ3n) is 3.26. The molecule has 8 heteroatoms. The van der Waals surface area contributed by atoms with Crippen LogP contribution in [-0.4, -0.2) is 32.0 Å². The molecule has 0 bridgehead atoms. The fourth-order valence-corrected chi connectivity index (χ4v) is 4.97. The van der Waals surface area contributed by atoms with Gasteiger partial charge in [0.15, 0.2) is 9.84 Å². The Hall–Kier alpha value is -1.69. The number of hydrogen-bond donors (Lipinski definition) is 0. The fourth-order valence-electron chi connectivity index (χ4n) is 2.04. The van der Waals surface area contributed by atoms with Crippen molar-refractivity contribution in [3.63, 3.8) is 0 Å². The lowest BCUT2D eigenvalue weighted by Gasteiger charge is -2.16. The SMILES string of the molecule is CN(Cc1ccc(Br)s1)C(=O)CS(=O)(=O)Cc1ccc(C#N)cc1. The maximum absolute atomic E-state index is 12.2. The van der Waals surface area contributed by atoms with Crippen LogP contribution in [0.25, 0.3) is 0 Å². The number of carbonyl (C=O) groups is 1. The Balaban J connectivity index is 1.96. The molecule has 0 atom stereocenters. The van der Waals surface area contributed by atoms with Gasteiger partial charge in [-0.25, -0.2) is 8.42 Å². The van der Waals surface area contributed by atoms with E-state index in [0.717, 1.165) is 8.66 Å². The summed E-state index contributed by atoms with van der Waals surface area (Å²) in [7, 11) is -1.98. The van der Waals surface area contributed by atoms with Gasteiger partial charge >= 0.3 is 0 Å². The normalized spacial score (nSPS) is 11.0. The number of benzene rings is 1. The Kier molecular flexibility index (Phi) is 6.15. The van der Waals surface area contributed by atoms with Crippen LogP contribution in [0, 0.1) is 11.3 Å². The minimum atomic E-state index is -3.57. The summed E-state index contributed by atoms with van der Waals surface area (Å²) in [5, 5.41) is 8.74. The first-order valence-corrected chi connectivity index (χ1v) is 10.4. The lowest BCUT2D eigenvalue weighted by molar-refractivity contribution is -0.127. The summed E-state index contributed by atoms with van der Waals surface area (Å²) in [5.41, 5.74) is 1.03. The Bertz CT molecular complexity index is 867. The van der Waals surface area contributed by atoms with Gasteiger partial charge in [0.2, 0.25) is 5.91 Å². The van der Waals surface area contributed by atoms with Crippen molar-refractivity contribution in [1.29, 1.82) is 5.26 Å². The summed E-state index contributed by atoms with van der Waals surface area (Å²) in [5.74, 6) is -1.19. The van der Waals surface area contributed by atoms with Gasteiger partial charge in [-0.15, -0.1) is 11.3 Å². The third-order valence-corrected chi connectivity index (χ3v) is 6.33. The molecule has 2 rings (SSSR count). The van der Waals surface area contributed by atoms with Gasteiger partial charge in [-0.1, -0.05) is 12.1 Å². The number of sulfone groups is 1. The van der Waals surface area contributed by atoms with Crippen LogP contribution in [-0.2, 0) is 26.9 Å². The van der Waals surface area contributed by atoms with Crippen LogP contribution < -0.4 is 0 Å². The number of rotatable bonds is 6. The summed E-state index contributed by atoms with van der Waals surface area (Å²) in [6.07, 6.45) is 0. The van der Waals surface area contributed by atoms with Crippen LogP contribution in [0.3, 0.4) is 0 Å². The average molecular weight is 427 g/mol. The summed E-state index contributed by atoms with van der Waals surface area (Å²) in [6.45, 7) is 0.376. The first kappa shape index (κ1) is 18.6. The molecule has 24 heavy (non-hydrogen) atoms. The molecule has 1 heterocycles. The van der Waals surface area contributed by atoms with E-state index in [4.69, 9.17) is 5.26 Å². The maximum Gasteiger partial charge on any atom is 0.237 e. The number of carbonyl (C=O) groups excluding carboxylic acids is 1. The van der Waals surface area contributed by atoms with E-state index in [1.807, 2.05) is 18.2 Å². The van der Waals surface area contributed by atoms with Crippen LogP contribution in [0.5, 0.6) is 0 Å². The molecular weight excluding hydrogens is 412 g/mol. The summed E-state index contributed by atoms with van der Waals surface area (Å²) < 4.78 is 25.4. The molecule has 1 amide bonds. The second-order valence-corrected chi connectivity index (χ2v) is 9.91. The molecule has 0 fully saturated rings. The molecule has 126 valence electrons. The second-order valence-electron chi connectivity index (χ2n) is 5.30. The van der Waals surface area contributed by atoms with E-state index in [9.17, 15) is 13.2 Å². The Labute approximate surface area is 153 Å². The predicted octanol–water partition coefficient (Wildman–Crippen LogP) is 2.96. The summed E-state index contributed by atoms with van der Waals surface area (Å²) in [6, 6.07) is 12.1. The number of thiophene rings is 1. The highest BCUT2D eigenvalue weighted by Crippen LogP contribution is 2.23. The quantitative estimate of drug-likeness (QED) is 0.710. The van der Waals surface area contributed by atoms with Gasteiger partial charge in [-0.2, -0.15) is 5.26 Å². The monoisotopic (exact) mass is 426 g/mol. The Morgan fingerprint density at radius 3 is 2.46 bits per heavy atom. The first-order valence-electron chi connectivity index (χ1n) is 6.97. The van der Waals surface area contributed by atoms with Gasteiger partial charge in [0.05, 0.1) is 27.7 Å². The molecule has 0 N–H and O–H groups in total. The molecule has 0 spiro atoms. The molecule has 0 aliphatic heterocycles. The van der Waals surface area contributed by atoms with Crippen molar-refractivity contribution < 1.29 is 13.2 Å². The van der Waals surface area contributed by atoms with E-state index in [0.29, 0.717) is 17.7 Å². The molecule has 2 aromatic rings. The lowest BCUT2D eigenvalue weighted by Crippen LogP contribution is -2.32. The average Bonchev–Trinajstić information content (AvgIpc) is 2.92. The third kappa shape index (κ3) is 5.44. The van der Waals surface area contributed by atoms with Gasteiger partial charge in [-0.05, 0) is 45.8 Å². The van der Waals surface area contributed by atoms with E-state index >= 15 is 0 Å². The molecule has 5 nitrogen and oxygen atoms in total. The zero-order chi connectivity index (χ0) is 17.7. The molecule has 1 aromatic heterocycles. The standard InChI is InChI=1S/C16H15BrN2O3S2/c1-19(9-14-6-7-15(17)23-14)16(20)11-24(21,22)10-13-4-2-12(8-18)3-5-13/h2-7H,9-11H2,1H3. The molecule has 0 aliphatic carbocycles. The molecule has 0 saturated heterocycles. The predicted molar refractivity (Wildman–Crippen MR) is 97.1 cm³/mol. The second kappa shape index (κ2) is 7.92. The zero-order valence-electron chi connectivity index (χ0n) is 12.9. The van der Waals surface area contributed by atoms with Crippen molar-refractivity contribution in [1.82, 2.24) is 4.90 Å². The molecule has 0 radical (unpaired) electrons. The molecule has 0 unspecified atom stereocenters. The number of amides is 1. The number of nitriles is 1. The molecular formula is C16H15BrN2O3S2. The summed E-state index contributed by atoms with van der Waals surface area (Å²) >= 11 is 4.86. The number of hydrogen-bond acceptors (Lipinski definition) is 5. The van der Waals surface area contributed by atoms with Gasteiger partial charge in [0.25, 0.3) is 0 Å². The van der Waals surface area contributed by atoms with E-state index in [2.05, 4.69) is 15.9 Å². The van der Waals surface area contributed by atoms with E-state index in [1.165, 1.54) is 16.2 Å². The zero-order valence-corrected chi connectivity index (χ0v) is 16.1.